The van der Waals surface area contributed by atoms with E-state index in [1.807, 2.05) is 36.1 Å². The van der Waals surface area contributed by atoms with Gasteiger partial charge >= 0.3 is 0 Å². The summed E-state index contributed by atoms with van der Waals surface area (Å²) in [4.78, 5) is 12.4. The first kappa shape index (κ1) is 16.2. The number of aliphatic hydroxyl groups excluding tert-OH is 1. The number of benzene rings is 1. The average molecular weight is 327 g/mol. The van der Waals surface area contributed by atoms with Gasteiger partial charge in [0, 0.05) is 23.0 Å². The van der Waals surface area contributed by atoms with Gasteiger partial charge in [0.25, 0.3) is 5.91 Å². The van der Waals surface area contributed by atoms with E-state index < -0.39 is 0 Å². The first-order chi connectivity index (χ1) is 10.1. The van der Waals surface area contributed by atoms with Gasteiger partial charge in [0.2, 0.25) is 0 Å². The third kappa shape index (κ3) is 3.73. The van der Waals surface area contributed by atoms with Crippen LogP contribution in [0.25, 0.3) is 10.9 Å². The van der Waals surface area contributed by atoms with Gasteiger partial charge in [-0.1, -0.05) is 11.6 Å². The first-order valence-corrected chi connectivity index (χ1v) is 8.49. The van der Waals surface area contributed by atoms with Crippen LogP contribution in [0.1, 0.15) is 16.9 Å². The number of hydrogen-bond acceptors (Lipinski definition) is 3. The molecule has 1 amide bonds. The smallest absolute Gasteiger partial charge is 0.268 e. The molecule has 0 aliphatic heterocycles. The van der Waals surface area contributed by atoms with Crippen LogP contribution in [0.3, 0.4) is 0 Å². The summed E-state index contributed by atoms with van der Waals surface area (Å²) in [6.45, 7) is -0.0535. The minimum atomic E-state index is -0.216. The lowest BCUT2D eigenvalue weighted by atomic mass is 10.2. The van der Waals surface area contributed by atoms with Gasteiger partial charge in [0.05, 0.1) is 12.6 Å². The molecule has 0 aliphatic carbocycles. The Morgan fingerprint density at radius 1 is 1.48 bits per heavy atom. The standard InChI is InChI=1S/C15H19ClN2O2S/c1-18-13-4-3-11(16)7-10(13)8-14(18)15(20)17-12(9-19)5-6-21-2/h3-4,7-8,12,19H,5-6,9H2,1-2H3,(H,17,20)/t12-/m0/s1. The number of fused-ring (bicyclic) bond motifs is 1. The molecular weight excluding hydrogens is 308 g/mol. The molecule has 1 atom stereocenters. The molecule has 0 unspecified atom stereocenters. The summed E-state index contributed by atoms with van der Waals surface area (Å²) < 4.78 is 1.84. The Morgan fingerprint density at radius 3 is 2.90 bits per heavy atom. The molecule has 2 rings (SSSR count). The molecule has 1 heterocycles. The van der Waals surface area contributed by atoms with Gasteiger partial charge < -0.3 is 15.0 Å². The molecule has 21 heavy (non-hydrogen) atoms. The van der Waals surface area contributed by atoms with Crippen molar-refractivity contribution in [3.63, 3.8) is 0 Å². The van der Waals surface area contributed by atoms with Crippen LogP contribution in [0.4, 0.5) is 0 Å². The monoisotopic (exact) mass is 326 g/mol. The predicted octanol–water partition coefficient (Wildman–Crippen LogP) is 2.68. The summed E-state index contributed by atoms with van der Waals surface area (Å²) in [5.41, 5.74) is 1.52. The van der Waals surface area contributed by atoms with Crippen molar-refractivity contribution in [2.24, 2.45) is 7.05 Å². The van der Waals surface area contributed by atoms with Crippen molar-refractivity contribution >= 4 is 40.2 Å². The van der Waals surface area contributed by atoms with Crippen molar-refractivity contribution in [1.29, 1.82) is 0 Å². The number of nitrogens with one attached hydrogen (secondary N) is 1. The second kappa shape index (κ2) is 7.20. The molecule has 0 saturated carbocycles. The summed E-state index contributed by atoms with van der Waals surface area (Å²) in [6.07, 6.45) is 2.75. The van der Waals surface area contributed by atoms with Crippen LogP contribution in [0, 0.1) is 0 Å². The molecule has 0 saturated heterocycles. The molecule has 0 bridgehead atoms. The second-order valence-corrected chi connectivity index (χ2v) is 6.35. The number of thioether (sulfide) groups is 1. The number of carbonyl (C=O) groups excluding carboxylic acids is 1. The van der Waals surface area contributed by atoms with Crippen molar-refractivity contribution in [2.45, 2.75) is 12.5 Å². The van der Waals surface area contributed by atoms with E-state index in [1.165, 1.54) is 0 Å². The number of carbonyl (C=O) groups is 1. The Balaban J connectivity index is 2.20. The molecule has 0 aliphatic rings. The predicted molar refractivity (Wildman–Crippen MR) is 89.3 cm³/mol. The molecule has 1 aromatic heterocycles. The number of halogens is 1. The Kier molecular flexibility index (Phi) is 5.56. The van der Waals surface area contributed by atoms with Crippen molar-refractivity contribution in [3.8, 4) is 0 Å². The molecule has 0 fully saturated rings. The van der Waals surface area contributed by atoms with Gasteiger partial charge in [0.15, 0.2) is 0 Å². The summed E-state index contributed by atoms with van der Waals surface area (Å²) >= 11 is 7.67. The normalized spacial score (nSPS) is 12.6. The zero-order chi connectivity index (χ0) is 15.4. The quantitative estimate of drug-likeness (QED) is 0.858. The lowest BCUT2D eigenvalue weighted by molar-refractivity contribution is 0.0907. The van der Waals surface area contributed by atoms with Crippen LogP contribution in [-0.2, 0) is 7.05 Å². The van der Waals surface area contributed by atoms with Crippen LogP contribution in [0.5, 0.6) is 0 Å². The fourth-order valence-corrected chi connectivity index (χ4v) is 2.97. The Hall–Kier alpha value is -1.17. The van der Waals surface area contributed by atoms with Crippen molar-refractivity contribution in [2.75, 3.05) is 18.6 Å². The molecule has 2 aromatic rings. The Labute approximate surface area is 133 Å². The molecule has 6 heteroatoms. The second-order valence-electron chi connectivity index (χ2n) is 4.93. The minimum absolute atomic E-state index is 0.0535. The zero-order valence-corrected chi connectivity index (χ0v) is 13.7. The Morgan fingerprint density at radius 2 is 2.24 bits per heavy atom. The molecule has 1 aromatic carbocycles. The SMILES string of the molecule is CSCC[C@@H](CO)NC(=O)c1cc2cc(Cl)ccc2n1C. The maximum Gasteiger partial charge on any atom is 0.268 e. The highest BCUT2D eigenvalue weighted by Gasteiger charge is 2.17. The third-order valence-electron chi connectivity index (χ3n) is 3.46. The number of aliphatic hydroxyl groups is 1. The maximum atomic E-state index is 12.4. The molecule has 0 spiro atoms. The average Bonchev–Trinajstić information content (AvgIpc) is 2.79. The van der Waals surface area contributed by atoms with E-state index in [0.29, 0.717) is 10.7 Å². The van der Waals surface area contributed by atoms with Crippen LogP contribution in [-0.4, -0.2) is 40.2 Å². The largest absolute Gasteiger partial charge is 0.394 e. The highest BCUT2D eigenvalue weighted by molar-refractivity contribution is 7.98. The highest BCUT2D eigenvalue weighted by atomic mass is 35.5. The number of amides is 1. The third-order valence-corrected chi connectivity index (χ3v) is 4.34. The topological polar surface area (TPSA) is 54.3 Å². The van der Waals surface area contributed by atoms with E-state index >= 15 is 0 Å². The fraction of sp³-hybridized carbons (Fsp3) is 0.400. The van der Waals surface area contributed by atoms with Crippen molar-refractivity contribution < 1.29 is 9.90 Å². The highest BCUT2D eigenvalue weighted by Crippen LogP contribution is 2.22. The van der Waals surface area contributed by atoms with E-state index in [1.54, 1.807) is 17.8 Å². The van der Waals surface area contributed by atoms with Crippen molar-refractivity contribution in [1.82, 2.24) is 9.88 Å². The number of rotatable bonds is 6. The van der Waals surface area contributed by atoms with E-state index in [2.05, 4.69) is 5.32 Å². The van der Waals surface area contributed by atoms with Crippen molar-refractivity contribution in [3.05, 3.63) is 35.0 Å². The maximum absolute atomic E-state index is 12.4. The van der Waals surface area contributed by atoms with Crippen LogP contribution in [0.15, 0.2) is 24.3 Å². The molecule has 4 nitrogen and oxygen atoms in total. The van der Waals surface area contributed by atoms with Gasteiger partial charge in [-0.25, -0.2) is 0 Å². The fourth-order valence-electron chi connectivity index (χ4n) is 2.27. The minimum Gasteiger partial charge on any atom is -0.394 e. The molecule has 114 valence electrons. The lowest BCUT2D eigenvalue weighted by Crippen LogP contribution is -2.38. The number of hydrogen-bond donors (Lipinski definition) is 2. The lowest BCUT2D eigenvalue weighted by Gasteiger charge is -2.16. The molecular formula is C15H19ClN2O2S. The van der Waals surface area contributed by atoms with E-state index in [4.69, 9.17) is 11.6 Å². The summed E-state index contributed by atoms with van der Waals surface area (Å²) in [5, 5.41) is 13.8. The molecule has 2 N–H and O–H groups in total. The van der Waals surface area contributed by atoms with Crippen LogP contribution >= 0.6 is 23.4 Å². The summed E-state index contributed by atoms with van der Waals surface area (Å²) in [7, 11) is 1.85. The van der Waals surface area contributed by atoms with E-state index in [9.17, 15) is 9.90 Å². The van der Waals surface area contributed by atoms with Gasteiger partial charge in [-0.05, 0) is 42.7 Å². The number of aromatic nitrogens is 1. The van der Waals surface area contributed by atoms with E-state index in [-0.39, 0.29) is 18.6 Å². The molecule has 0 radical (unpaired) electrons. The van der Waals surface area contributed by atoms with Crippen LogP contribution < -0.4 is 5.32 Å². The van der Waals surface area contributed by atoms with Gasteiger partial charge in [-0.15, -0.1) is 0 Å². The summed E-state index contributed by atoms with van der Waals surface area (Å²) in [6, 6.07) is 7.14. The number of aryl methyl sites for hydroxylation is 1. The first-order valence-electron chi connectivity index (χ1n) is 6.72. The van der Waals surface area contributed by atoms with Gasteiger partial charge in [0.1, 0.15) is 5.69 Å². The van der Waals surface area contributed by atoms with Gasteiger partial charge in [-0.3, -0.25) is 4.79 Å². The van der Waals surface area contributed by atoms with E-state index in [0.717, 1.165) is 23.1 Å². The van der Waals surface area contributed by atoms with Gasteiger partial charge in [-0.2, -0.15) is 11.8 Å². The summed E-state index contributed by atoms with van der Waals surface area (Å²) in [5.74, 6) is 0.723. The number of nitrogens with zero attached hydrogens (tertiary/aromatic N) is 1. The Bertz CT molecular complexity index is 642. The van der Waals surface area contributed by atoms with Crippen LogP contribution in [0.2, 0.25) is 5.02 Å². The zero-order valence-electron chi connectivity index (χ0n) is 12.1.